The molecule has 5 nitrogen and oxygen atoms in total. The summed E-state index contributed by atoms with van der Waals surface area (Å²) in [4.78, 5) is 11.4. The number of aliphatic imine (C=N–C) groups is 1. The third kappa shape index (κ3) is 2.56. The van der Waals surface area contributed by atoms with Gasteiger partial charge in [0.05, 0.1) is 12.2 Å². The number of hydrogen-bond donors (Lipinski definition) is 0. The highest BCUT2D eigenvalue weighted by atomic mass is 19.1. The minimum atomic E-state index is -0.265. The molecule has 130 valence electrons. The molecule has 0 amide bonds. The van der Waals surface area contributed by atoms with Gasteiger partial charge in [0.2, 0.25) is 0 Å². The highest BCUT2D eigenvalue weighted by Gasteiger charge is 2.38. The van der Waals surface area contributed by atoms with Crippen LogP contribution >= 0.6 is 0 Å². The van der Waals surface area contributed by atoms with Crippen LogP contribution < -0.4 is 0 Å². The summed E-state index contributed by atoms with van der Waals surface area (Å²) in [6.07, 6.45) is 12.4. The van der Waals surface area contributed by atoms with Crippen molar-refractivity contribution >= 4 is 5.84 Å². The van der Waals surface area contributed by atoms with Gasteiger partial charge in [-0.15, -0.1) is 0 Å². The van der Waals surface area contributed by atoms with Crippen LogP contribution in [0.5, 0.6) is 0 Å². The molecule has 5 rings (SSSR count). The zero-order valence-corrected chi connectivity index (χ0v) is 14.4. The maximum Gasteiger partial charge on any atom is 0.146 e. The molecule has 1 aromatic rings. The summed E-state index contributed by atoms with van der Waals surface area (Å²) in [7, 11) is 0. The Morgan fingerprint density at radius 2 is 2.12 bits per heavy atom. The van der Waals surface area contributed by atoms with Crippen molar-refractivity contribution in [2.45, 2.75) is 44.7 Å². The normalized spacial score (nSPS) is 26.1. The molecule has 0 aromatic carbocycles. The number of aromatic nitrogens is 1. The lowest BCUT2D eigenvalue weighted by atomic mass is 10.0. The summed E-state index contributed by atoms with van der Waals surface area (Å²) in [5, 5.41) is 4.56. The summed E-state index contributed by atoms with van der Waals surface area (Å²) in [5.74, 6) is 1.73. The number of rotatable bonds is 2. The van der Waals surface area contributed by atoms with Gasteiger partial charge in [-0.1, -0.05) is 0 Å². The van der Waals surface area contributed by atoms with Crippen molar-refractivity contribution < 1.29 is 4.39 Å². The Bertz CT molecular complexity index is 795. The van der Waals surface area contributed by atoms with E-state index < -0.39 is 0 Å². The van der Waals surface area contributed by atoms with Gasteiger partial charge in [-0.2, -0.15) is 0 Å². The second-order valence-corrected chi connectivity index (χ2v) is 7.23. The first kappa shape index (κ1) is 15.1. The van der Waals surface area contributed by atoms with E-state index >= 15 is 0 Å². The molecule has 3 aliphatic heterocycles. The quantitative estimate of drug-likeness (QED) is 0.829. The van der Waals surface area contributed by atoms with Crippen molar-refractivity contribution in [3.05, 3.63) is 53.5 Å². The summed E-state index contributed by atoms with van der Waals surface area (Å²) >= 11 is 0. The first-order chi connectivity index (χ1) is 12.2. The maximum atomic E-state index is 13.7. The van der Waals surface area contributed by atoms with Gasteiger partial charge >= 0.3 is 0 Å². The molecule has 25 heavy (non-hydrogen) atoms. The van der Waals surface area contributed by atoms with E-state index in [1.54, 1.807) is 6.07 Å². The minimum Gasteiger partial charge on any atom is -0.349 e. The van der Waals surface area contributed by atoms with Crippen molar-refractivity contribution in [2.75, 3.05) is 13.1 Å². The number of halogens is 1. The largest absolute Gasteiger partial charge is 0.349 e. The van der Waals surface area contributed by atoms with Crippen molar-refractivity contribution in [1.82, 2.24) is 19.9 Å². The molecule has 0 bridgehead atoms. The predicted molar refractivity (Wildman–Crippen MR) is 93.8 cm³/mol. The zero-order valence-electron chi connectivity index (χ0n) is 14.4. The van der Waals surface area contributed by atoms with Gasteiger partial charge in [-0.3, -0.25) is 9.99 Å². The number of fused-ring (bicyclic) bond motifs is 1. The smallest absolute Gasteiger partial charge is 0.146 e. The van der Waals surface area contributed by atoms with E-state index in [2.05, 4.69) is 38.3 Å². The number of pyridine rings is 1. The van der Waals surface area contributed by atoms with Gasteiger partial charge in [-0.05, 0) is 56.4 Å². The van der Waals surface area contributed by atoms with E-state index in [1.807, 2.05) is 6.92 Å². The molecule has 1 aromatic heterocycles. The Kier molecular flexibility index (Phi) is 3.41. The second-order valence-electron chi connectivity index (χ2n) is 7.23. The molecule has 1 saturated carbocycles. The van der Waals surface area contributed by atoms with Gasteiger partial charge in [0.25, 0.3) is 0 Å². The van der Waals surface area contributed by atoms with Crippen LogP contribution in [0.3, 0.4) is 0 Å². The maximum absolute atomic E-state index is 13.7. The monoisotopic (exact) mass is 339 g/mol. The Labute approximate surface area is 147 Å². The summed E-state index contributed by atoms with van der Waals surface area (Å²) < 4.78 is 13.7. The van der Waals surface area contributed by atoms with Crippen molar-refractivity contribution in [3.63, 3.8) is 0 Å². The van der Waals surface area contributed by atoms with Crippen LogP contribution in [0.25, 0.3) is 0 Å². The van der Waals surface area contributed by atoms with Gasteiger partial charge in [0.15, 0.2) is 0 Å². The molecule has 1 unspecified atom stereocenters. The number of aryl methyl sites for hydroxylation is 1. The number of hydrazine groups is 1. The van der Waals surface area contributed by atoms with Crippen LogP contribution in [0.4, 0.5) is 4.39 Å². The zero-order chi connectivity index (χ0) is 17.0. The minimum absolute atomic E-state index is 0.152. The van der Waals surface area contributed by atoms with Crippen molar-refractivity contribution in [2.24, 2.45) is 4.99 Å². The van der Waals surface area contributed by atoms with Crippen LogP contribution in [0.15, 0.2) is 41.4 Å². The summed E-state index contributed by atoms with van der Waals surface area (Å²) in [6, 6.07) is 2.46. The fourth-order valence-corrected chi connectivity index (χ4v) is 4.12. The first-order valence-corrected chi connectivity index (χ1v) is 9.12. The molecule has 2 fully saturated rings. The van der Waals surface area contributed by atoms with Gasteiger partial charge < -0.3 is 4.90 Å². The van der Waals surface area contributed by atoms with Crippen LogP contribution in [-0.2, 0) is 0 Å². The number of nitrogens with zero attached hydrogens (tertiary/aromatic N) is 5. The molecule has 0 N–H and O–H groups in total. The fourth-order valence-electron chi connectivity index (χ4n) is 4.12. The van der Waals surface area contributed by atoms with E-state index in [1.165, 1.54) is 19.0 Å². The molecule has 4 heterocycles. The number of likely N-dealkylation sites (tertiary alicyclic amines) is 1. The highest BCUT2D eigenvalue weighted by molar-refractivity contribution is 5.95. The van der Waals surface area contributed by atoms with Crippen molar-refractivity contribution in [3.8, 4) is 0 Å². The molecule has 6 heteroatoms. The molecule has 0 spiro atoms. The highest BCUT2D eigenvalue weighted by Crippen LogP contribution is 2.37. The Hall–Kier alpha value is -2.21. The van der Waals surface area contributed by atoms with Gasteiger partial charge in [-0.25, -0.2) is 14.4 Å². The van der Waals surface area contributed by atoms with Crippen LogP contribution in [0.1, 0.15) is 43.0 Å². The fraction of sp³-hybridized carbons (Fsp3) is 0.474. The first-order valence-electron chi connectivity index (χ1n) is 9.12. The third-order valence-corrected chi connectivity index (χ3v) is 5.53. The molecule has 1 atom stereocenters. The van der Waals surface area contributed by atoms with Gasteiger partial charge in [0.1, 0.15) is 17.5 Å². The molecular formula is C19H22FN5. The lowest BCUT2D eigenvalue weighted by Crippen LogP contribution is -2.38. The van der Waals surface area contributed by atoms with Crippen molar-refractivity contribution in [1.29, 1.82) is 0 Å². The predicted octanol–water partition coefficient (Wildman–Crippen LogP) is 3.13. The van der Waals surface area contributed by atoms with E-state index in [4.69, 9.17) is 4.99 Å². The topological polar surface area (TPSA) is 35.0 Å². The molecule has 1 saturated heterocycles. The average Bonchev–Trinajstić information content (AvgIpc) is 3.19. The SMILES string of the molecule is Cc1ncc(F)cc1C1CCCN1C1=NC2=CCN(C3CC3)N2C=C1. The molecule has 0 radical (unpaired) electrons. The Morgan fingerprint density at radius 3 is 2.96 bits per heavy atom. The Morgan fingerprint density at radius 1 is 1.24 bits per heavy atom. The van der Waals surface area contributed by atoms with Crippen LogP contribution in [-0.4, -0.2) is 44.9 Å². The van der Waals surface area contributed by atoms with Crippen LogP contribution in [0, 0.1) is 12.7 Å². The standard InChI is InChI=1S/C19H22FN5/c1-13-16(11-14(20)12-21-13)17-3-2-8-23(17)18-6-10-25-19(22-18)7-9-24(25)15-4-5-15/h6-7,10-12,15,17H,2-5,8-9H2,1H3. The summed E-state index contributed by atoms with van der Waals surface area (Å²) in [5.41, 5.74) is 1.89. The molecular weight excluding hydrogens is 317 g/mol. The average molecular weight is 339 g/mol. The van der Waals surface area contributed by atoms with E-state index in [0.717, 1.165) is 48.8 Å². The lowest BCUT2D eigenvalue weighted by Gasteiger charge is -2.33. The molecule has 1 aliphatic carbocycles. The van der Waals surface area contributed by atoms with E-state index in [0.29, 0.717) is 6.04 Å². The van der Waals surface area contributed by atoms with Gasteiger partial charge in [0, 0.05) is 31.0 Å². The van der Waals surface area contributed by atoms with E-state index in [-0.39, 0.29) is 11.9 Å². The Balaban J connectivity index is 1.42. The van der Waals surface area contributed by atoms with Crippen LogP contribution in [0.2, 0.25) is 0 Å². The molecule has 4 aliphatic rings. The summed E-state index contributed by atoms with van der Waals surface area (Å²) in [6.45, 7) is 3.85. The van der Waals surface area contributed by atoms with E-state index in [9.17, 15) is 4.39 Å². The third-order valence-electron chi connectivity index (χ3n) is 5.53. The number of hydrogen-bond acceptors (Lipinski definition) is 5. The second kappa shape index (κ2) is 5.66. The number of amidine groups is 1. The lowest BCUT2D eigenvalue weighted by molar-refractivity contribution is 0.0786.